The van der Waals surface area contributed by atoms with E-state index in [0.29, 0.717) is 0 Å². The van der Waals surface area contributed by atoms with Crippen LogP contribution in [-0.4, -0.2) is 6.21 Å². The smallest absolute Gasteiger partial charge is 0.0538 e. The van der Waals surface area contributed by atoms with Gasteiger partial charge in [-0.1, -0.05) is 30.3 Å². The molecule has 1 aromatic rings. The fourth-order valence-electron chi connectivity index (χ4n) is 1.13. The minimum atomic E-state index is 1.02. The van der Waals surface area contributed by atoms with Crippen LogP contribution in [0.2, 0.25) is 0 Å². The summed E-state index contributed by atoms with van der Waals surface area (Å²) in [7, 11) is 0. The number of nitrogens with zero attached hydrogens (tertiary/aromatic N) is 1. The van der Waals surface area contributed by atoms with Gasteiger partial charge in [-0.2, -0.15) is 5.10 Å². The molecule has 1 rings (SSSR count). The minimum absolute atomic E-state index is 1.02. The molecule has 0 radical (unpaired) electrons. The zero-order chi connectivity index (χ0) is 9.52. The molecular formula is C11H14N2. The third kappa shape index (κ3) is 3.11. The number of hydrogen-bond donors (Lipinski definition) is 1. The Morgan fingerprint density at radius 3 is 2.54 bits per heavy atom. The van der Waals surface area contributed by atoms with Crippen molar-refractivity contribution in [2.24, 2.45) is 10.9 Å². The van der Waals surface area contributed by atoms with Crippen molar-refractivity contribution in [1.82, 2.24) is 0 Å². The number of allylic oxidation sites excluding steroid dienone is 1. The van der Waals surface area contributed by atoms with Crippen LogP contribution in [0.1, 0.15) is 17.5 Å². The Hall–Kier alpha value is -1.57. The first kappa shape index (κ1) is 9.52. The maximum atomic E-state index is 5.03. The summed E-state index contributed by atoms with van der Waals surface area (Å²) in [6.45, 7) is 3.69. The Labute approximate surface area is 78.8 Å². The van der Waals surface area contributed by atoms with E-state index in [2.05, 4.69) is 23.8 Å². The van der Waals surface area contributed by atoms with Crippen LogP contribution in [0.25, 0.3) is 0 Å². The highest BCUT2D eigenvalue weighted by Crippen LogP contribution is 2.05. The van der Waals surface area contributed by atoms with Gasteiger partial charge in [-0.05, 0) is 24.0 Å². The monoisotopic (exact) mass is 174 g/mol. The molecule has 0 fully saturated rings. The summed E-state index contributed by atoms with van der Waals surface area (Å²) in [5, 5.41) is 3.46. The topological polar surface area (TPSA) is 38.4 Å². The molecule has 2 heteroatoms. The van der Waals surface area contributed by atoms with Crippen LogP contribution in [0.15, 0.2) is 42.0 Å². The first-order valence-electron chi connectivity index (χ1n) is 4.30. The highest BCUT2D eigenvalue weighted by molar-refractivity contribution is 5.79. The lowest BCUT2D eigenvalue weighted by Crippen LogP contribution is -1.88. The van der Waals surface area contributed by atoms with E-state index in [-0.39, 0.29) is 0 Å². The SMILES string of the molecule is C=CCCc1ccc(C=NN)cc1. The molecule has 0 spiro atoms. The number of hydrazone groups is 1. The van der Waals surface area contributed by atoms with Crippen LogP contribution in [0.3, 0.4) is 0 Å². The number of aryl methyl sites for hydroxylation is 1. The zero-order valence-electron chi connectivity index (χ0n) is 7.61. The third-order valence-electron chi connectivity index (χ3n) is 1.84. The lowest BCUT2D eigenvalue weighted by atomic mass is 10.1. The standard InChI is InChI=1S/C11H14N2/c1-2-3-4-10-5-7-11(8-6-10)9-13-12/h2,5-9H,1,3-4,12H2. The van der Waals surface area contributed by atoms with Crippen molar-refractivity contribution in [2.75, 3.05) is 0 Å². The Bertz CT molecular complexity index is 285. The molecule has 0 heterocycles. The second kappa shape index (κ2) is 5.14. The molecule has 68 valence electrons. The normalized spacial score (nSPS) is 10.5. The first-order valence-corrected chi connectivity index (χ1v) is 4.30. The van der Waals surface area contributed by atoms with Gasteiger partial charge in [0.1, 0.15) is 0 Å². The van der Waals surface area contributed by atoms with Gasteiger partial charge in [0.2, 0.25) is 0 Å². The van der Waals surface area contributed by atoms with Crippen LogP contribution in [-0.2, 0) is 6.42 Å². The molecule has 0 atom stereocenters. The summed E-state index contributed by atoms with van der Waals surface area (Å²) in [6, 6.07) is 8.19. The van der Waals surface area contributed by atoms with Gasteiger partial charge in [0, 0.05) is 0 Å². The van der Waals surface area contributed by atoms with Gasteiger partial charge in [-0.3, -0.25) is 0 Å². The van der Waals surface area contributed by atoms with Gasteiger partial charge in [-0.15, -0.1) is 6.58 Å². The van der Waals surface area contributed by atoms with E-state index < -0.39 is 0 Å². The number of benzene rings is 1. The van der Waals surface area contributed by atoms with Crippen molar-refractivity contribution in [3.05, 3.63) is 48.0 Å². The Balaban J connectivity index is 2.63. The Kier molecular flexibility index (Phi) is 3.76. The average molecular weight is 174 g/mol. The maximum Gasteiger partial charge on any atom is 0.0538 e. The quantitative estimate of drug-likeness (QED) is 0.323. The van der Waals surface area contributed by atoms with Crippen molar-refractivity contribution in [1.29, 1.82) is 0 Å². The molecular weight excluding hydrogens is 160 g/mol. The zero-order valence-corrected chi connectivity index (χ0v) is 7.61. The molecule has 0 aliphatic heterocycles. The van der Waals surface area contributed by atoms with Gasteiger partial charge in [0.15, 0.2) is 0 Å². The lowest BCUT2D eigenvalue weighted by molar-refractivity contribution is 1.00. The van der Waals surface area contributed by atoms with Crippen LogP contribution >= 0.6 is 0 Å². The van der Waals surface area contributed by atoms with Crippen molar-refractivity contribution in [3.8, 4) is 0 Å². The molecule has 0 unspecified atom stereocenters. The predicted molar refractivity (Wildman–Crippen MR) is 56.7 cm³/mol. The molecule has 0 aromatic heterocycles. The van der Waals surface area contributed by atoms with E-state index >= 15 is 0 Å². The van der Waals surface area contributed by atoms with E-state index in [0.717, 1.165) is 18.4 Å². The fourth-order valence-corrected chi connectivity index (χ4v) is 1.13. The van der Waals surface area contributed by atoms with Crippen molar-refractivity contribution >= 4 is 6.21 Å². The Morgan fingerprint density at radius 1 is 1.31 bits per heavy atom. The second-order valence-electron chi connectivity index (χ2n) is 2.85. The molecule has 0 amide bonds. The Morgan fingerprint density at radius 2 is 2.00 bits per heavy atom. The van der Waals surface area contributed by atoms with E-state index in [1.54, 1.807) is 6.21 Å². The molecule has 2 nitrogen and oxygen atoms in total. The molecule has 0 saturated carbocycles. The van der Waals surface area contributed by atoms with E-state index in [1.807, 2.05) is 18.2 Å². The van der Waals surface area contributed by atoms with Crippen LogP contribution in [0, 0.1) is 0 Å². The summed E-state index contributed by atoms with van der Waals surface area (Å²) in [4.78, 5) is 0. The second-order valence-corrected chi connectivity index (χ2v) is 2.85. The summed E-state index contributed by atoms with van der Waals surface area (Å²) < 4.78 is 0. The van der Waals surface area contributed by atoms with Crippen LogP contribution < -0.4 is 5.84 Å². The third-order valence-corrected chi connectivity index (χ3v) is 1.84. The van der Waals surface area contributed by atoms with E-state index in [4.69, 9.17) is 5.84 Å². The molecule has 1 aromatic carbocycles. The van der Waals surface area contributed by atoms with Gasteiger partial charge in [0.25, 0.3) is 0 Å². The summed E-state index contributed by atoms with van der Waals surface area (Å²) in [6.07, 6.45) is 5.63. The first-order chi connectivity index (χ1) is 6.36. The van der Waals surface area contributed by atoms with Gasteiger partial charge in [0.05, 0.1) is 6.21 Å². The lowest BCUT2D eigenvalue weighted by Gasteiger charge is -1.98. The van der Waals surface area contributed by atoms with Gasteiger partial charge >= 0.3 is 0 Å². The minimum Gasteiger partial charge on any atom is -0.323 e. The highest BCUT2D eigenvalue weighted by atomic mass is 15.1. The largest absolute Gasteiger partial charge is 0.323 e. The molecule has 2 N–H and O–H groups in total. The fraction of sp³-hybridized carbons (Fsp3) is 0.182. The molecule has 13 heavy (non-hydrogen) atoms. The number of rotatable bonds is 4. The molecule has 0 saturated heterocycles. The van der Waals surface area contributed by atoms with Crippen LogP contribution in [0.5, 0.6) is 0 Å². The van der Waals surface area contributed by atoms with Crippen molar-refractivity contribution in [2.45, 2.75) is 12.8 Å². The average Bonchev–Trinajstić information content (AvgIpc) is 2.17. The van der Waals surface area contributed by atoms with Gasteiger partial charge in [-0.25, -0.2) is 0 Å². The maximum absolute atomic E-state index is 5.03. The predicted octanol–water partition coefficient (Wildman–Crippen LogP) is 2.10. The molecule has 0 aliphatic carbocycles. The summed E-state index contributed by atoms with van der Waals surface area (Å²) in [5.41, 5.74) is 2.35. The van der Waals surface area contributed by atoms with E-state index in [9.17, 15) is 0 Å². The highest BCUT2D eigenvalue weighted by Gasteiger charge is 1.91. The van der Waals surface area contributed by atoms with E-state index in [1.165, 1.54) is 5.56 Å². The number of hydrogen-bond acceptors (Lipinski definition) is 2. The van der Waals surface area contributed by atoms with Crippen LogP contribution in [0.4, 0.5) is 0 Å². The van der Waals surface area contributed by atoms with Crippen molar-refractivity contribution < 1.29 is 0 Å². The summed E-state index contributed by atoms with van der Waals surface area (Å²) >= 11 is 0. The number of nitrogens with two attached hydrogens (primary N) is 1. The molecule has 0 aliphatic rings. The molecule has 0 bridgehead atoms. The van der Waals surface area contributed by atoms with Gasteiger partial charge < -0.3 is 5.84 Å². The summed E-state index contributed by atoms with van der Waals surface area (Å²) in [5.74, 6) is 5.03. The van der Waals surface area contributed by atoms with Crippen molar-refractivity contribution in [3.63, 3.8) is 0 Å².